The average Bonchev–Trinajstić information content (AvgIpc) is 3.00. The second-order valence-electron chi connectivity index (χ2n) is 11.7. The van der Waals surface area contributed by atoms with Gasteiger partial charge in [-0.05, 0) is 71.5 Å². The van der Waals surface area contributed by atoms with Crippen LogP contribution in [0.5, 0.6) is 28.7 Å². The fourth-order valence-corrected chi connectivity index (χ4v) is 6.70. The van der Waals surface area contributed by atoms with Crippen molar-refractivity contribution in [2.75, 3.05) is 21.3 Å². The lowest BCUT2D eigenvalue weighted by Crippen LogP contribution is -2.05. The molecule has 0 atom stereocenters. The number of ether oxygens (including phenoxy) is 3. The standard InChI is InChI=1S/C39H38O5/c1-23-11-26-15-28-19-34(42-3)21-30(37(28)40)17-32-13-24(2)14-33(39(32)44-5)18-31-22-35(43-4)20-29(38(31)41)16-27(12-23)36(26)25-9-7-6-8-10-25/h6-14,19-22,40-41H,15-18H2,1-5H3. The van der Waals surface area contributed by atoms with Crippen LogP contribution in [-0.4, -0.2) is 31.5 Å². The lowest BCUT2D eigenvalue weighted by molar-refractivity contribution is 0.402. The van der Waals surface area contributed by atoms with Gasteiger partial charge in [-0.15, -0.1) is 0 Å². The Kier molecular flexibility index (Phi) is 7.96. The van der Waals surface area contributed by atoms with Crippen molar-refractivity contribution >= 4 is 0 Å². The van der Waals surface area contributed by atoms with Crippen molar-refractivity contribution in [3.8, 4) is 39.9 Å². The van der Waals surface area contributed by atoms with Crippen molar-refractivity contribution in [1.29, 1.82) is 0 Å². The van der Waals surface area contributed by atoms with Crippen molar-refractivity contribution in [2.24, 2.45) is 0 Å². The number of aromatic hydroxyl groups is 2. The molecule has 5 heteroatoms. The van der Waals surface area contributed by atoms with E-state index in [1.165, 1.54) is 0 Å². The molecule has 0 heterocycles. The number of benzene rings is 5. The molecule has 5 aromatic carbocycles. The Labute approximate surface area is 259 Å². The number of methoxy groups -OCH3 is 3. The molecule has 0 fully saturated rings. The topological polar surface area (TPSA) is 68.2 Å². The summed E-state index contributed by atoms with van der Waals surface area (Å²) in [6, 6.07) is 26.6. The minimum atomic E-state index is 0.262. The van der Waals surface area contributed by atoms with Crippen molar-refractivity contribution in [3.63, 3.8) is 0 Å². The highest BCUT2D eigenvalue weighted by Crippen LogP contribution is 2.41. The van der Waals surface area contributed by atoms with Gasteiger partial charge in [0.2, 0.25) is 0 Å². The minimum Gasteiger partial charge on any atom is -0.507 e. The molecule has 44 heavy (non-hydrogen) atoms. The monoisotopic (exact) mass is 586 g/mol. The van der Waals surface area contributed by atoms with Crippen molar-refractivity contribution in [2.45, 2.75) is 39.5 Å². The van der Waals surface area contributed by atoms with Crippen molar-refractivity contribution in [3.05, 3.63) is 134 Å². The first kappa shape index (κ1) is 29.2. The molecule has 8 bridgehead atoms. The fourth-order valence-electron chi connectivity index (χ4n) is 6.70. The summed E-state index contributed by atoms with van der Waals surface area (Å²) in [6.07, 6.45) is 1.91. The van der Waals surface area contributed by atoms with Gasteiger partial charge in [0.1, 0.15) is 28.7 Å². The Morgan fingerprint density at radius 2 is 0.864 bits per heavy atom. The zero-order chi connectivity index (χ0) is 31.0. The number of phenolic OH excluding ortho intramolecular Hbond substituents is 2. The van der Waals surface area contributed by atoms with E-state index >= 15 is 0 Å². The molecule has 0 radical (unpaired) electrons. The van der Waals surface area contributed by atoms with E-state index in [4.69, 9.17) is 14.2 Å². The number of rotatable bonds is 4. The van der Waals surface area contributed by atoms with Crippen LogP contribution in [0, 0.1) is 13.8 Å². The van der Waals surface area contributed by atoms with Gasteiger partial charge in [0.05, 0.1) is 21.3 Å². The van der Waals surface area contributed by atoms with Gasteiger partial charge in [0.25, 0.3) is 0 Å². The first-order chi connectivity index (χ1) is 21.3. The third-order valence-corrected chi connectivity index (χ3v) is 8.58. The Hall–Kier alpha value is -4.90. The number of aryl methyl sites for hydroxylation is 2. The van der Waals surface area contributed by atoms with Gasteiger partial charge in [-0.2, -0.15) is 0 Å². The number of fused-ring (bicyclic) bond motifs is 8. The highest BCUT2D eigenvalue weighted by atomic mass is 16.5. The quantitative estimate of drug-likeness (QED) is 0.219. The van der Waals surface area contributed by atoms with Crippen LogP contribution >= 0.6 is 0 Å². The maximum absolute atomic E-state index is 11.8. The zero-order valence-corrected chi connectivity index (χ0v) is 26.0. The molecular weight excluding hydrogens is 548 g/mol. The van der Waals surface area contributed by atoms with E-state index in [1.807, 2.05) is 42.5 Å². The molecule has 1 aliphatic carbocycles. The van der Waals surface area contributed by atoms with E-state index in [9.17, 15) is 10.2 Å². The second-order valence-corrected chi connectivity index (χ2v) is 11.7. The molecule has 5 nitrogen and oxygen atoms in total. The molecule has 0 amide bonds. The van der Waals surface area contributed by atoms with Crippen LogP contribution < -0.4 is 14.2 Å². The molecule has 224 valence electrons. The predicted molar refractivity (Wildman–Crippen MR) is 175 cm³/mol. The highest BCUT2D eigenvalue weighted by molar-refractivity contribution is 5.74. The summed E-state index contributed by atoms with van der Waals surface area (Å²) in [5, 5.41) is 23.5. The molecule has 0 aliphatic heterocycles. The summed E-state index contributed by atoms with van der Waals surface area (Å²) >= 11 is 0. The maximum atomic E-state index is 11.8. The van der Waals surface area contributed by atoms with Crippen LogP contribution in [-0.2, 0) is 25.7 Å². The van der Waals surface area contributed by atoms with E-state index in [2.05, 4.69) is 50.2 Å². The number of hydrogen-bond acceptors (Lipinski definition) is 5. The van der Waals surface area contributed by atoms with Crippen molar-refractivity contribution in [1.82, 2.24) is 0 Å². The summed E-state index contributed by atoms with van der Waals surface area (Å²) in [5.74, 6) is 2.65. The Bertz CT molecular complexity index is 1750. The Morgan fingerprint density at radius 3 is 1.25 bits per heavy atom. The molecule has 2 N–H and O–H groups in total. The SMILES string of the molecule is COc1cc2c(O)c(c1)Cc1cc(C)cc(c1-c1ccccc1)Cc1cc(OC)cc(c1O)Cc1cc(C)cc(c1OC)C2. The first-order valence-electron chi connectivity index (χ1n) is 14.9. The van der Waals surface area contributed by atoms with Gasteiger partial charge in [-0.1, -0.05) is 65.7 Å². The molecule has 6 rings (SSSR count). The molecule has 0 aromatic heterocycles. The second kappa shape index (κ2) is 12.0. The zero-order valence-electron chi connectivity index (χ0n) is 26.0. The summed E-state index contributed by atoms with van der Waals surface area (Å²) in [7, 11) is 4.99. The molecule has 0 saturated heterocycles. The molecule has 1 aliphatic rings. The third-order valence-electron chi connectivity index (χ3n) is 8.58. The van der Waals surface area contributed by atoms with Gasteiger partial charge >= 0.3 is 0 Å². The lowest BCUT2D eigenvalue weighted by Gasteiger charge is -2.22. The third kappa shape index (κ3) is 5.58. The number of phenols is 2. The van der Waals surface area contributed by atoms with E-state index in [0.717, 1.165) is 72.5 Å². The summed E-state index contributed by atoms with van der Waals surface area (Å²) in [5.41, 5.74) is 11.6. The maximum Gasteiger partial charge on any atom is 0.125 e. The van der Waals surface area contributed by atoms with Crippen LogP contribution in [0.4, 0.5) is 0 Å². The summed E-state index contributed by atoms with van der Waals surface area (Å²) < 4.78 is 17.5. The molecule has 0 unspecified atom stereocenters. The van der Waals surface area contributed by atoms with Crippen LogP contribution in [0.3, 0.4) is 0 Å². The van der Waals surface area contributed by atoms with Gasteiger partial charge in [-0.25, -0.2) is 0 Å². The summed E-state index contributed by atoms with van der Waals surface area (Å²) in [4.78, 5) is 0. The van der Waals surface area contributed by atoms with Gasteiger partial charge in [0.15, 0.2) is 0 Å². The van der Waals surface area contributed by atoms with Gasteiger partial charge < -0.3 is 24.4 Å². The highest BCUT2D eigenvalue weighted by Gasteiger charge is 2.22. The molecule has 5 aromatic rings. The Morgan fingerprint density at radius 1 is 0.477 bits per heavy atom. The van der Waals surface area contributed by atoms with E-state index in [0.29, 0.717) is 37.2 Å². The van der Waals surface area contributed by atoms with Crippen LogP contribution in [0.1, 0.15) is 55.6 Å². The molecule has 0 spiro atoms. The first-order valence-corrected chi connectivity index (χ1v) is 14.9. The van der Waals surface area contributed by atoms with Gasteiger partial charge in [-0.3, -0.25) is 0 Å². The largest absolute Gasteiger partial charge is 0.507 e. The fraction of sp³-hybridized carbons (Fsp3) is 0.231. The summed E-state index contributed by atoms with van der Waals surface area (Å²) in [6.45, 7) is 4.15. The van der Waals surface area contributed by atoms with E-state index in [-0.39, 0.29) is 11.5 Å². The normalized spacial score (nSPS) is 12.5. The van der Waals surface area contributed by atoms with Crippen LogP contribution in [0.15, 0.2) is 78.9 Å². The van der Waals surface area contributed by atoms with Gasteiger partial charge in [0, 0.05) is 47.9 Å². The van der Waals surface area contributed by atoms with E-state index in [1.54, 1.807) is 21.3 Å². The number of hydrogen-bond donors (Lipinski definition) is 2. The van der Waals surface area contributed by atoms with Crippen LogP contribution in [0.2, 0.25) is 0 Å². The lowest BCUT2D eigenvalue weighted by atomic mass is 9.85. The molecule has 0 saturated carbocycles. The van der Waals surface area contributed by atoms with Crippen LogP contribution in [0.25, 0.3) is 11.1 Å². The predicted octanol–water partition coefficient (Wildman–Crippen LogP) is 8.08. The minimum absolute atomic E-state index is 0.262. The molecular formula is C39H38O5. The van der Waals surface area contributed by atoms with Crippen molar-refractivity contribution < 1.29 is 24.4 Å². The smallest absolute Gasteiger partial charge is 0.125 e. The van der Waals surface area contributed by atoms with E-state index < -0.39 is 0 Å². The average molecular weight is 587 g/mol. The Balaban J connectivity index is 1.67.